The molecular weight excluding hydrogens is 528 g/mol. The predicted molar refractivity (Wildman–Crippen MR) is 172 cm³/mol. The van der Waals surface area contributed by atoms with E-state index in [0.29, 0.717) is 23.1 Å². The van der Waals surface area contributed by atoms with Gasteiger partial charge in [-0.1, -0.05) is 20.4 Å². The van der Waals surface area contributed by atoms with Gasteiger partial charge in [0.15, 0.2) is 0 Å². The van der Waals surface area contributed by atoms with Crippen molar-refractivity contribution in [1.82, 2.24) is 19.9 Å². The van der Waals surface area contributed by atoms with Crippen LogP contribution in [0.15, 0.2) is 43.1 Å². The molecule has 1 aliphatic heterocycles. The number of carbonyl (C=O) groups is 1. The maximum Gasteiger partial charge on any atom is 0.247 e. The van der Waals surface area contributed by atoms with E-state index in [0.717, 1.165) is 53.8 Å². The van der Waals surface area contributed by atoms with Crippen LogP contribution >= 0.6 is 0 Å². The lowest BCUT2D eigenvalue weighted by atomic mass is 9.91. The minimum atomic E-state index is -0.298. The molecule has 0 spiro atoms. The number of fused-ring (bicyclic) bond motifs is 1. The van der Waals surface area contributed by atoms with Crippen molar-refractivity contribution >= 4 is 40.4 Å². The number of anilines is 6. The standard InChI is InChI=1S/C32H44N8O2/c1-11-29(41)35-23-17-24(27(42-20(2)3)18-25(23)39(10)15-14-38(8)9)36-31-33-13-12-28(37-31)40-19-32(6,7)30-26(40)16-21(4)22(5)34-30/h11-13,16-18,20H,1,14-15,19H2,2-10H3,(H,35,41)(H,33,36,37). The molecule has 0 saturated carbocycles. The summed E-state index contributed by atoms with van der Waals surface area (Å²) in [5.74, 6) is 1.52. The summed E-state index contributed by atoms with van der Waals surface area (Å²) in [5, 5.41) is 6.32. The molecule has 4 rings (SSSR count). The first-order valence-electron chi connectivity index (χ1n) is 14.3. The summed E-state index contributed by atoms with van der Waals surface area (Å²) in [5.41, 5.74) is 6.29. The van der Waals surface area contributed by atoms with E-state index in [-0.39, 0.29) is 17.4 Å². The zero-order valence-electron chi connectivity index (χ0n) is 26.4. The van der Waals surface area contributed by atoms with Crippen molar-refractivity contribution in [1.29, 1.82) is 0 Å². The van der Waals surface area contributed by atoms with E-state index in [1.165, 1.54) is 6.08 Å². The van der Waals surface area contributed by atoms with Crippen molar-refractivity contribution in [2.75, 3.05) is 61.2 Å². The number of nitrogens with zero attached hydrogens (tertiary/aromatic N) is 6. The molecule has 1 amide bonds. The number of hydrogen-bond donors (Lipinski definition) is 2. The van der Waals surface area contributed by atoms with Gasteiger partial charge in [0.1, 0.15) is 11.6 Å². The molecule has 2 aromatic heterocycles. The van der Waals surface area contributed by atoms with Crippen LogP contribution in [0.3, 0.4) is 0 Å². The molecule has 0 saturated heterocycles. The van der Waals surface area contributed by atoms with E-state index in [4.69, 9.17) is 14.7 Å². The smallest absolute Gasteiger partial charge is 0.247 e. The predicted octanol–water partition coefficient (Wildman–Crippen LogP) is 5.57. The summed E-state index contributed by atoms with van der Waals surface area (Å²) < 4.78 is 6.24. The van der Waals surface area contributed by atoms with E-state index in [9.17, 15) is 4.79 Å². The van der Waals surface area contributed by atoms with Crippen LogP contribution in [0.5, 0.6) is 5.75 Å². The number of nitrogens with one attached hydrogen (secondary N) is 2. The van der Waals surface area contributed by atoms with Gasteiger partial charge in [-0.3, -0.25) is 9.78 Å². The van der Waals surface area contributed by atoms with Gasteiger partial charge in [-0.05, 0) is 71.6 Å². The van der Waals surface area contributed by atoms with Crippen molar-refractivity contribution in [3.05, 3.63) is 60.1 Å². The molecule has 2 N–H and O–H groups in total. The fourth-order valence-corrected chi connectivity index (χ4v) is 4.92. The maximum absolute atomic E-state index is 12.4. The molecule has 0 bridgehead atoms. The zero-order valence-corrected chi connectivity index (χ0v) is 26.4. The Balaban J connectivity index is 1.73. The van der Waals surface area contributed by atoms with Crippen molar-refractivity contribution in [3.8, 4) is 5.75 Å². The number of rotatable bonds is 11. The molecule has 224 valence electrons. The molecule has 10 heteroatoms. The Morgan fingerprint density at radius 3 is 2.55 bits per heavy atom. The second kappa shape index (κ2) is 12.4. The number of carbonyl (C=O) groups excluding carboxylic acids is 1. The Morgan fingerprint density at radius 1 is 1.14 bits per heavy atom. The van der Waals surface area contributed by atoms with Crippen molar-refractivity contribution < 1.29 is 9.53 Å². The fraction of sp³-hybridized carbons (Fsp3) is 0.438. The zero-order chi connectivity index (χ0) is 30.8. The second-order valence-electron chi connectivity index (χ2n) is 12.0. The molecule has 0 unspecified atom stereocenters. The Labute approximate surface area is 249 Å². The van der Waals surface area contributed by atoms with Crippen LogP contribution in [0.25, 0.3) is 0 Å². The average Bonchev–Trinajstić information content (AvgIpc) is 3.18. The first-order chi connectivity index (χ1) is 19.8. The number of ether oxygens (including phenoxy) is 1. The quantitative estimate of drug-likeness (QED) is 0.286. The molecule has 0 aliphatic carbocycles. The van der Waals surface area contributed by atoms with E-state index in [1.807, 2.05) is 53.2 Å². The highest BCUT2D eigenvalue weighted by Gasteiger charge is 2.38. The Bertz CT molecular complexity index is 1470. The van der Waals surface area contributed by atoms with Gasteiger partial charge < -0.3 is 30.1 Å². The lowest BCUT2D eigenvalue weighted by molar-refractivity contribution is -0.111. The van der Waals surface area contributed by atoms with Crippen molar-refractivity contribution in [2.45, 2.75) is 53.1 Å². The number of benzene rings is 1. The van der Waals surface area contributed by atoms with Crippen LogP contribution in [0.1, 0.15) is 44.6 Å². The van der Waals surface area contributed by atoms with Gasteiger partial charge in [0.05, 0.1) is 34.5 Å². The third-order valence-electron chi connectivity index (χ3n) is 7.29. The number of hydrogen-bond acceptors (Lipinski definition) is 9. The highest BCUT2D eigenvalue weighted by atomic mass is 16.5. The van der Waals surface area contributed by atoms with E-state index in [1.54, 1.807) is 6.20 Å². The molecule has 3 heterocycles. The monoisotopic (exact) mass is 572 g/mol. The minimum Gasteiger partial charge on any atom is -0.489 e. The number of aromatic nitrogens is 3. The van der Waals surface area contributed by atoms with E-state index in [2.05, 4.69) is 70.7 Å². The molecule has 0 atom stereocenters. The van der Waals surface area contributed by atoms with E-state index < -0.39 is 0 Å². The first kappa shape index (κ1) is 30.8. The van der Waals surface area contributed by atoms with Crippen molar-refractivity contribution in [3.63, 3.8) is 0 Å². The number of aryl methyl sites for hydroxylation is 2. The Kier molecular flexibility index (Phi) is 9.06. The summed E-state index contributed by atoms with van der Waals surface area (Å²) in [6, 6.07) is 7.91. The highest BCUT2D eigenvalue weighted by molar-refractivity contribution is 6.02. The van der Waals surface area contributed by atoms with Gasteiger partial charge in [0.25, 0.3) is 0 Å². The average molecular weight is 573 g/mol. The van der Waals surface area contributed by atoms with Gasteiger partial charge in [-0.15, -0.1) is 0 Å². The summed E-state index contributed by atoms with van der Waals surface area (Å²) in [6.45, 7) is 18.5. The molecule has 42 heavy (non-hydrogen) atoms. The lowest BCUT2D eigenvalue weighted by Gasteiger charge is -2.26. The Hall–Kier alpha value is -4.18. The number of likely N-dealkylation sites (N-methyl/N-ethyl adjacent to an activating group) is 2. The van der Waals surface area contributed by atoms with Gasteiger partial charge in [-0.25, -0.2) is 4.98 Å². The molecule has 3 aromatic rings. The third-order valence-corrected chi connectivity index (χ3v) is 7.29. The van der Waals surface area contributed by atoms with Crippen LogP contribution in [0, 0.1) is 13.8 Å². The van der Waals surface area contributed by atoms with Crippen LogP contribution in [-0.4, -0.2) is 72.6 Å². The lowest BCUT2D eigenvalue weighted by Crippen LogP contribution is -2.29. The van der Waals surface area contributed by atoms with Crippen LogP contribution < -0.4 is 25.2 Å². The summed E-state index contributed by atoms with van der Waals surface area (Å²) in [6.07, 6.45) is 2.93. The topological polar surface area (TPSA) is 98.8 Å². The molecule has 0 radical (unpaired) electrons. The molecule has 0 fully saturated rings. The van der Waals surface area contributed by atoms with Crippen molar-refractivity contribution in [2.24, 2.45) is 0 Å². The molecule has 1 aliphatic rings. The SMILES string of the molecule is C=CC(=O)Nc1cc(Nc2nccc(N3CC(C)(C)c4nc(C)c(C)cc43)n2)c(OC(C)C)cc1N(C)CCN(C)C. The minimum absolute atomic E-state index is 0.0751. The second-order valence-corrected chi connectivity index (χ2v) is 12.0. The first-order valence-corrected chi connectivity index (χ1v) is 14.3. The normalized spacial score (nSPS) is 13.7. The summed E-state index contributed by atoms with van der Waals surface area (Å²) >= 11 is 0. The summed E-state index contributed by atoms with van der Waals surface area (Å²) in [4.78, 5) is 33.2. The van der Waals surface area contributed by atoms with Crippen LogP contribution in [0.4, 0.5) is 34.5 Å². The largest absolute Gasteiger partial charge is 0.489 e. The highest BCUT2D eigenvalue weighted by Crippen LogP contribution is 2.44. The summed E-state index contributed by atoms with van der Waals surface area (Å²) in [7, 11) is 6.06. The van der Waals surface area contributed by atoms with Gasteiger partial charge in [0.2, 0.25) is 11.9 Å². The fourth-order valence-electron chi connectivity index (χ4n) is 4.92. The number of amides is 1. The molecule has 1 aromatic carbocycles. The van der Waals surface area contributed by atoms with Gasteiger partial charge in [-0.2, -0.15) is 4.98 Å². The van der Waals surface area contributed by atoms with Crippen LogP contribution in [0.2, 0.25) is 0 Å². The molecule has 10 nitrogen and oxygen atoms in total. The van der Waals surface area contributed by atoms with E-state index >= 15 is 0 Å². The third kappa shape index (κ3) is 6.82. The van der Waals surface area contributed by atoms with Crippen LogP contribution in [-0.2, 0) is 10.2 Å². The number of pyridine rings is 1. The van der Waals surface area contributed by atoms with Gasteiger partial charge >= 0.3 is 0 Å². The van der Waals surface area contributed by atoms with Gasteiger partial charge in [0, 0.05) is 50.1 Å². The maximum atomic E-state index is 12.4. The molecular formula is C32H44N8O2. The Morgan fingerprint density at radius 2 is 1.88 bits per heavy atom.